The number of amides is 1. The first-order valence-electron chi connectivity index (χ1n) is 7.88. The SMILES string of the molecule is CCOc1ccc(NC(=O)CC(Cc2ccccc2)C(=O)O)cc1. The minimum atomic E-state index is -0.972. The Kier molecular flexibility index (Phi) is 6.37. The van der Waals surface area contributed by atoms with Gasteiger partial charge in [-0.2, -0.15) is 0 Å². The number of carbonyl (C=O) groups excluding carboxylic acids is 1. The lowest BCUT2D eigenvalue weighted by Crippen LogP contribution is -2.24. The molecule has 0 saturated heterocycles. The molecule has 2 N–H and O–H groups in total. The molecule has 5 nitrogen and oxygen atoms in total. The Morgan fingerprint density at radius 1 is 1.08 bits per heavy atom. The minimum absolute atomic E-state index is 0.0720. The van der Waals surface area contributed by atoms with Crippen LogP contribution in [0.1, 0.15) is 18.9 Å². The van der Waals surface area contributed by atoms with Gasteiger partial charge in [0.05, 0.1) is 12.5 Å². The third-order valence-electron chi connectivity index (χ3n) is 3.56. The van der Waals surface area contributed by atoms with Crippen molar-refractivity contribution < 1.29 is 19.4 Å². The first kappa shape index (κ1) is 17.5. The minimum Gasteiger partial charge on any atom is -0.494 e. The van der Waals surface area contributed by atoms with Gasteiger partial charge in [0.15, 0.2) is 0 Å². The van der Waals surface area contributed by atoms with E-state index < -0.39 is 11.9 Å². The average Bonchev–Trinajstić information content (AvgIpc) is 2.57. The average molecular weight is 327 g/mol. The highest BCUT2D eigenvalue weighted by molar-refractivity contribution is 5.93. The van der Waals surface area contributed by atoms with E-state index in [1.54, 1.807) is 24.3 Å². The predicted molar refractivity (Wildman–Crippen MR) is 92.1 cm³/mol. The zero-order valence-corrected chi connectivity index (χ0v) is 13.6. The standard InChI is InChI=1S/C19H21NO4/c1-2-24-17-10-8-16(9-11-17)20-18(21)13-15(19(22)23)12-14-6-4-3-5-7-14/h3-11,15H,2,12-13H2,1H3,(H,20,21)(H,22,23). The number of nitrogens with one attached hydrogen (secondary N) is 1. The molecule has 0 aliphatic carbocycles. The van der Waals surface area contributed by atoms with Crippen molar-refractivity contribution in [2.45, 2.75) is 19.8 Å². The van der Waals surface area contributed by atoms with Crippen molar-refractivity contribution in [1.82, 2.24) is 0 Å². The number of carboxylic acids is 1. The maximum Gasteiger partial charge on any atom is 0.307 e. The highest BCUT2D eigenvalue weighted by Crippen LogP contribution is 2.18. The normalized spacial score (nSPS) is 11.5. The number of rotatable bonds is 8. The van der Waals surface area contributed by atoms with Crippen LogP contribution >= 0.6 is 0 Å². The summed E-state index contributed by atoms with van der Waals surface area (Å²) in [6.07, 6.45) is 0.254. The van der Waals surface area contributed by atoms with Crippen LogP contribution in [0.25, 0.3) is 0 Å². The van der Waals surface area contributed by atoms with E-state index >= 15 is 0 Å². The maximum atomic E-state index is 12.1. The lowest BCUT2D eigenvalue weighted by Gasteiger charge is -2.13. The molecule has 0 saturated carbocycles. The number of ether oxygens (including phenoxy) is 1. The molecule has 5 heteroatoms. The van der Waals surface area contributed by atoms with E-state index in [1.165, 1.54) is 0 Å². The van der Waals surface area contributed by atoms with Gasteiger partial charge in [-0.25, -0.2) is 0 Å². The molecule has 0 aromatic heterocycles. The van der Waals surface area contributed by atoms with Crippen molar-refractivity contribution in [2.75, 3.05) is 11.9 Å². The molecular formula is C19H21NO4. The number of benzene rings is 2. The van der Waals surface area contributed by atoms with E-state index in [0.717, 1.165) is 11.3 Å². The molecule has 0 radical (unpaired) electrons. The van der Waals surface area contributed by atoms with Crippen LogP contribution < -0.4 is 10.1 Å². The Labute approximate surface area is 141 Å². The summed E-state index contributed by atoms with van der Waals surface area (Å²) < 4.78 is 5.34. The monoisotopic (exact) mass is 327 g/mol. The third kappa shape index (κ3) is 5.43. The molecule has 2 aromatic carbocycles. The molecule has 0 aliphatic rings. The second-order valence-electron chi connectivity index (χ2n) is 5.43. The van der Waals surface area contributed by atoms with Gasteiger partial charge < -0.3 is 15.2 Å². The Balaban J connectivity index is 1.94. The van der Waals surface area contributed by atoms with Crippen LogP contribution in [0.15, 0.2) is 54.6 Å². The summed E-state index contributed by atoms with van der Waals surface area (Å²) >= 11 is 0. The van der Waals surface area contributed by atoms with Gasteiger partial charge in [0.2, 0.25) is 5.91 Å². The molecule has 2 aromatic rings. The van der Waals surface area contributed by atoms with Crippen molar-refractivity contribution in [3.63, 3.8) is 0 Å². The van der Waals surface area contributed by atoms with E-state index in [4.69, 9.17) is 4.74 Å². The number of carboxylic acid groups (broad SMARTS) is 1. The highest BCUT2D eigenvalue weighted by Gasteiger charge is 2.21. The van der Waals surface area contributed by atoms with Crippen LogP contribution in [0.2, 0.25) is 0 Å². The summed E-state index contributed by atoms with van der Waals surface area (Å²) in [5.41, 5.74) is 1.52. The summed E-state index contributed by atoms with van der Waals surface area (Å²) in [6.45, 7) is 2.47. The van der Waals surface area contributed by atoms with Crippen LogP contribution in [0.4, 0.5) is 5.69 Å². The fraction of sp³-hybridized carbons (Fsp3) is 0.263. The van der Waals surface area contributed by atoms with E-state index in [-0.39, 0.29) is 12.3 Å². The van der Waals surface area contributed by atoms with Gasteiger partial charge in [0.25, 0.3) is 0 Å². The summed E-state index contributed by atoms with van der Waals surface area (Å²) in [6, 6.07) is 16.3. The van der Waals surface area contributed by atoms with E-state index in [1.807, 2.05) is 37.3 Å². The van der Waals surface area contributed by atoms with E-state index in [9.17, 15) is 14.7 Å². The second kappa shape index (κ2) is 8.72. The van der Waals surface area contributed by atoms with Crippen molar-refractivity contribution in [2.24, 2.45) is 5.92 Å². The lowest BCUT2D eigenvalue weighted by atomic mass is 9.96. The zero-order chi connectivity index (χ0) is 17.4. The maximum absolute atomic E-state index is 12.1. The Morgan fingerprint density at radius 3 is 2.33 bits per heavy atom. The van der Waals surface area contributed by atoms with Gasteiger partial charge >= 0.3 is 5.97 Å². The van der Waals surface area contributed by atoms with E-state index in [0.29, 0.717) is 18.7 Å². The van der Waals surface area contributed by atoms with Crippen molar-refractivity contribution in [3.8, 4) is 5.75 Å². The molecule has 1 amide bonds. The Bertz CT molecular complexity index is 668. The van der Waals surface area contributed by atoms with Crippen molar-refractivity contribution in [1.29, 1.82) is 0 Å². The summed E-state index contributed by atoms with van der Waals surface area (Å²) in [5.74, 6) is -1.32. The van der Waals surface area contributed by atoms with Crippen molar-refractivity contribution >= 4 is 17.6 Å². The fourth-order valence-corrected chi connectivity index (χ4v) is 2.38. The molecule has 0 fully saturated rings. The van der Waals surface area contributed by atoms with Crippen LogP contribution in [0, 0.1) is 5.92 Å². The fourth-order valence-electron chi connectivity index (χ4n) is 2.38. The molecule has 2 rings (SSSR count). The molecule has 0 aliphatic heterocycles. The number of hydrogen-bond donors (Lipinski definition) is 2. The summed E-state index contributed by atoms with van der Waals surface area (Å²) in [5, 5.41) is 12.1. The Hall–Kier alpha value is -2.82. The molecular weight excluding hydrogens is 306 g/mol. The topological polar surface area (TPSA) is 75.6 Å². The van der Waals surface area contributed by atoms with Crippen LogP contribution in [0.5, 0.6) is 5.75 Å². The van der Waals surface area contributed by atoms with Gasteiger partial charge in [0.1, 0.15) is 5.75 Å². The zero-order valence-electron chi connectivity index (χ0n) is 13.6. The number of aliphatic carboxylic acids is 1. The van der Waals surface area contributed by atoms with Gasteiger partial charge in [0, 0.05) is 12.1 Å². The summed E-state index contributed by atoms with van der Waals surface area (Å²) in [4.78, 5) is 23.5. The van der Waals surface area contributed by atoms with Gasteiger partial charge in [-0.3, -0.25) is 9.59 Å². The molecule has 126 valence electrons. The molecule has 1 atom stereocenters. The first-order valence-corrected chi connectivity index (χ1v) is 7.88. The van der Waals surface area contributed by atoms with Gasteiger partial charge in [-0.05, 0) is 43.2 Å². The lowest BCUT2D eigenvalue weighted by molar-refractivity contribution is -0.143. The molecule has 1 unspecified atom stereocenters. The molecule has 24 heavy (non-hydrogen) atoms. The van der Waals surface area contributed by atoms with Gasteiger partial charge in [-0.1, -0.05) is 30.3 Å². The highest BCUT2D eigenvalue weighted by atomic mass is 16.5. The molecule has 0 heterocycles. The van der Waals surface area contributed by atoms with Crippen LogP contribution in [-0.4, -0.2) is 23.6 Å². The largest absolute Gasteiger partial charge is 0.494 e. The quantitative estimate of drug-likeness (QED) is 0.779. The number of anilines is 1. The second-order valence-corrected chi connectivity index (χ2v) is 5.43. The van der Waals surface area contributed by atoms with Crippen molar-refractivity contribution in [3.05, 3.63) is 60.2 Å². The smallest absolute Gasteiger partial charge is 0.307 e. The molecule has 0 bridgehead atoms. The predicted octanol–water partition coefficient (Wildman–Crippen LogP) is 3.36. The molecule has 0 spiro atoms. The Morgan fingerprint density at radius 2 is 1.75 bits per heavy atom. The van der Waals surface area contributed by atoms with Crippen LogP contribution in [-0.2, 0) is 16.0 Å². The van der Waals surface area contributed by atoms with Gasteiger partial charge in [-0.15, -0.1) is 0 Å². The van der Waals surface area contributed by atoms with Crippen LogP contribution in [0.3, 0.4) is 0 Å². The number of hydrogen-bond acceptors (Lipinski definition) is 3. The third-order valence-corrected chi connectivity index (χ3v) is 3.56. The summed E-state index contributed by atoms with van der Waals surface area (Å²) in [7, 11) is 0. The first-order chi connectivity index (χ1) is 11.6. The van der Waals surface area contributed by atoms with E-state index in [2.05, 4.69) is 5.32 Å². The number of carbonyl (C=O) groups is 2.